The Balaban J connectivity index is 1.98. The Morgan fingerprint density at radius 3 is 2.48 bits per heavy atom. The molecule has 1 aromatic rings. The van der Waals surface area contributed by atoms with Crippen molar-refractivity contribution in [2.75, 3.05) is 32.7 Å². The Morgan fingerprint density at radius 2 is 1.78 bits per heavy atom. The van der Waals surface area contributed by atoms with Gasteiger partial charge in [-0.25, -0.2) is 13.6 Å². The third-order valence-corrected chi connectivity index (χ3v) is 3.76. The topological polar surface area (TPSA) is 52.7 Å². The van der Waals surface area contributed by atoms with Crippen molar-refractivity contribution in [3.63, 3.8) is 0 Å². The van der Waals surface area contributed by atoms with Crippen molar-refractivity contribution >= 4 is 11.9 Å². The first-order valence-corrected chi connectivity index (χ1v) is 7.80. The quantitative estimate of drug-likeness (QED) is 0.926. The van der Waals surface area contributed by atoms with Crippen LogP contribution in [0.5, 0.6) is 0 Å². The van der Waals surface area contributed by atoms with Gasteiger partial charge < -0.3 is 15.1 Å². The highest BCUT2D eigenvalue weighted by molar-refractivity contribution is 5.94. The molecule has 5 nitrogen and oxygen atoms in total. The van der Waals surface area contributed by atoms with Crippen molar-refractivity contribution in [2.24, 2.45) is 0 Å². The van der Waals surface area contributed by atoms with E-state index >= 15 is 0 Å². The number of halogens is 2. The molecular weight excluding hydrogens is 304 g/mol. The summed E-state index contributed by atoms with van der Waals surface area (Å²) >= 11 is 0. The normalized spacial score (nSPS) is 15.3. The largest absolute Gasteiger partial charge is 0.338 e. The molecule has 0 spiro atoms. The third-order valence-electron chi connectivity index (χ3n) is 3.76. The highest BCUT2D eigenvalue weighted by Crippen LogP contribution is 2.13. The minimum absolute atomic E-state index is 0.118. The zero-order chi connectivity index (χ0) is 16.8. The van der Waals surface area contributed by atoms with Crippen LogP contribution in [0.3, 0.4) is 0 Å². The maximum Gasteiger partial charge on any atom is 0.317 e. The lowest BCUT2D eigenvalue weighted by Gasteiger charge is -2.22. The summed E-state index contributed by atoms with van der Waals surface area (Å²) in [5, 5.41) is 2.81. The molecule has 0 saturated carbocycles. The fourth-order valence-electron chi connectivity index (χ4n) is 2.48. The SMILES string of the molecule is CCCNC(=O)N1CCCN(C(=O)c2ccc(F)c(F)c2)CC1. The Hall–Kier alpha value is -2.18. The minimum Gasteiger partial charge on any atom is -0.338 e. The summed E-state index contributed by atoms with van der Waals surface area (Å²) in [6, 6.07) is 3.00. The second-order valence-corrected chi connectivity index (χ2v) is 5.49. The van der Waals surface area contributed by atoms with Gasteiger partial charge in [-0.3, -0.25) is 4.79 Å². The van der Waals surface area contributed by atoms with E-state index in [9.17, 15) is 18.4 Å². The van der Waals surface area contributed by atoms with E-state index in [1.165, 1.54) is 6.07 Å². The number of urea groups is 1. The van der Waals surface area contributed by atoms with Gasteiger partial charge in [-0.15, -0.1) is 0 Å². The summed E-state index contributed by atoms with van der Waals surface area (Å²) in [6.45, 7) is 4.44. The molecule has 1 heterocycles. The molecule has 1 aliphatic rings. The molecule has 23 heavy (non-hydrogen) atoms. The summed E-state index contributed by atoms with van der Waals surface area (Å²) in [7, 11) is 0. The van der Waals surface area contributed by atoms with Crippen LogP contribution in [0.15, 0.2) is 18.2 Å². The first-order chi connectivity index (χ1) is 11.0. The smallest absolute Gasteiger partial charge is 0.317 e. The molecule has 0 aliphatic carbocycles. The van der Waals surface area contributed by atoms with Gasteiger partial charge in [-0.1, -0.05) is 6.92 Å². The van der Waals surface area contributed by atoms with E-state index in [4.69, 9.17) is 0 Å². The summed E-state index contributed by atoms with van der Waals surface area (Å²) in [4.78, 5) is 27.6. The van der Waals surface area contributed by atoms with Crippen molar-refractivity contribution in [3.8, 4) is 0 Å². The van der Waals surface area contributed by atoms with Crippen molar-refractivity contribution in [1.29, 1.82) is 0 Å². The molecule has 1 aliphatic heterocycles. The van der Waals surface area contributed by atoms with Gasteiger partial charge in [0.05, 0.1) is 0 Å². The average molecular weight is 325 g/mol. The monoisotopic (exact) mass is 325 g/mol. The molecule has 3 amide bonds. The van der Waals surface area contributed by atoms with Crippen LogP contribution in [0.25, 0.3) is 0 Å². The van der Waals surface area contributed by atoms with Crippen molar-refractivity contribution in [3.05, 3.63) is 35.4 Å². The van der Waals surface area contributed by atoms with E-state index in [0.29, 0.717) is 39.1 Å². The Morgan fingerprint density at radius 1 is 1.09 bits per heavy atom. The van der Waals surface area contributed by atoms with E-state index in [-0.39, 0.29) is 17.5 Å². The number of rotatable bonds is 3. The summed E-state index contributed by atoms with van der Waals surface area (Å²) < 4.78 is 26.2. The van der Waals surface area contributed by atoms with E-state index in [1.54, 1.807) is 9.80 Å². The van der Waals surface area contributed by atoms with Crippen molar-refractivity contribution in [2.45, 2.75) is 19.8 Å². The lowest BCUT2D eigenvalue weighted by molar-refractivity contribution is 0.0761. The van der Waals surface area contributed by atoms with Crippen LogP contribution in [-0.4, -0.2) is 54.5 Å². The molecule has 2 rings (SSSR count). The van der Waals surface area contributed by atoms with Gasteiger partial charge in [0, 0.05) is 38.3 Å². The molecule has 126 valence electrons. The number of nitrogens with zero attached hydrogens (tertiary/aromatic N) is 2. The van der Waals surface area contributed by atoms with Crippen LogP contribution in [-0.2, 0) is 0 Å². The lowest BCUT2D eigenvalue weighted by atomic mass is 10.2. The van der Waals surface area contributed by atoms with Crippen LogP contribution in [0.4, 0.5) is 13.6 Å². The Kier molecular flexibility index (Phi) is 5.90. The van der Waals surface area contributed by atoms with E-state index < -0.39 is 11.6 Å². The summed E-state index contributed by atoms with van der Waals surface area (Å²) in [5.41, 5.74) is 0.118. The zero-order valence-electron chi connectivity index (χ0n) is 13.1. The van der Waals surface area contributed by atoms with Gasteiger partial charge in [0.25, 0.3) is 5.91 Å². The van der Waals surface area contributed by atoms with Gasteiger partial charge in [-0.2, -0.15) is 0 Å². The Bertz CT molecular complexity index is 580. The van der Waals surface area contributed by atoms with Crippen molar-refractivity contribution in [1.82, 2.24) is 15.1 Å². The van der Waals surface area contributed by atoms with Crippen LogP contribution >= 0.6 is 0 Å². The van der Waals surface area contributed by atoms with Gasteiger partial charge in [0.2, 0.25) is 0 Å². The molecule has 0 bridgehead atoms. The summed E-state index contributed by atoms with van der Waals surface area (Å²) in [5.74, 6) is -2.36. The number of carbonyl (C=O) groups excluding carboxylic acids is 2. The number of benzene rings is 1. The summed E-state index contributed by atoms with van der Waals surface area (Å²) in [6.07, 6.45) is 1.51. The number of carbonyl (C=O) groups is 2. The van der Waals surface area contributed by atoms with Crippen LogP contribution in [0.2, 0.25) is 0 Å². The first-order valence-electron chi connectivity index (χ1n) is 7.80. The molecule has 1 fully saturated rings. The maximum absolute atomic E-state index is 13.3. The molecule has 0 unspecified atom stereocenters. The zero-order valence-corrected chi connectivity index (χ0v) is 13.1. The standard InChI is InChI=1S/C16H21F2N3O2/c1-2-6-19-16(23)21-8-3-7-20(9-10-21)15(22)12-4-5-13(17)14(18)11-12/h4-5,11H,2-3,6-10H2,1H3,(H,19,23). The predicted octanol–water partition coefficient (Wildman–Crippen LogP) is 2.23. The van der Waals surface area contributed by atoms with Gasteiger partial charge in [-0.05, 0) is 31.0 Å². The van der Waals surface area contributed by atoms with E-state index in [2.05, 4.69) is 5.32 Å². The molecule has 1 saturated heterocycles. The van der Waals surface area contributed by atoms with Crippen LogP contribution < -0.4 is 5.32 Å². The van der Waals surface area contributed by atoms with Gasteiger partial charge in [0.1, 0.15) is 0 Å². The second kappa shape index (κ2) is 7.89. The molecular formula is C16H21F2N3O2. The van der Waals surface area contributed by atoms with E-state index in [1.807, 2.05) is 6.92 Å². The lowest BCUT2D eigenvalue weighted by Crippen LogP contribution is -2.42. The van der Waals surface area contributed by atoms with Gasteiger partial charge in [0.15, 0.2) is 11.6 Å². The second-order valence-electron chi connectivity index (χ2n) is 5.49. The Labute approximate surface area is 134 Å². The highest BCUT2D eigenvalue weighted by atomic mass is 19.2. The fraction of sp³-hybridized carbons (Fsp3) is 0.500. The number of hydrogen-bond donors (Lipinski definition) is 1. The first kappa shape index (κ1) is 17.2. The number of amides is 3. The molecule has 7 heteroatoms. The number of hydrogen-bond acceptors (Lipinski definition) is 2. The number of nitrogens with one attached hydrogen (secondary N) is 1. The third kappa shape index (κ3) is 4.40. The fourth-order valence-corrected chi connectivity index (χ4v) is 2.48. The molecule has 0 aromatic heterocycles. The van der Waals surface area contributed by atoms with Crippen LogP contribution in [0, 0.1) is 11.6 Å². The molecule has 0 radical (unpaired) electrons. The molecule has 1 N–H and O–H groups in total. The predicted molar refractivity (Wildman–Crippen MR) is 82.1 cm³/mol. The minimum atomic E-state index is -1.04. The average Bonchev–Trinajstić information content (AvgIpc) is 2.80. The van der Waals surface area contributed by atoms with Crippen molar-refractivity contribution < 1.29 is 18.4 Å². The highest BCUT2D eigenvalue weighted by Gasteiger charge is 2.23. The molecule has 1 aromatic carbocycles. The maximum atomic E-state index is 13.3. The molecule has 0 atom stereocenters. The van der Waals surface area contributed by atoms with Crippen LogP contribution in [0.1, 0.15) is 30.1 Å². The van der Waals surface area contributed by atoms with Gasteiger partial charge >= 0.3 is 6.03 Å². The van der Waals surface area contributed by atoms with E-state index in [0.717, 1.165) is 18.6 Å².